The van der Waals surface area contributed by atoms with E-state index < -0.39 is 5.97 Å². The number of hydrogen-bond acceptors (Lipinski definition) is 4. The minimum absolute atomic E-state index is 0.210. The van der Waals surface area contributed by atoms with Gasteiger partial charge in [0.15, 0.2) is 5.65 Å². The molecule has 0 aliphatic carbocycles. The zero-order valence-electron chi connectivity index (χ0n) is 14.6. The van der Waals surface area contributed by atoms with Crippen molar-refractivity contribution in [2.75, 3.05) is 0 Å². The predicted octanol–water partition coefficient (Wildman–Crippen LogP) is 4.16. The van der Waals surface area contributed by atoms with Crippen LogP contribution in [0.4, 0.5) is 0 Å². The van der Waals surface area contributed by atoms with Crippen LogP contribution in [0.5, 0.6) is 5.75 Å². The lowest BCUT2D eigenvalue weighted by Gasteiger charge is -2.12. The molecular weight excluding hydrogens is 302 g/mol. The topological polar surface area (TPSA) is 57.0 Å². The highest BCUT2D eigenvalue weighted by molar-refractivity contribution is 5.96. The molecule has 5 heteroatoms. The van der Waals surface area contributed by atoms with Crippen molar-refractivity contribution >= 4 is 17.0 Å². The van der Waals surface area contributed by atoms with E-state index in [0.29, 0.717) is 17.0 Å². The van der Waals surface area contributed by atoms with Gasteiger partial charge in [-0.15, -0.1) is 0 Å². The van der Waals surface area contributed by atoms with E-state index in [4.69, 9.17) is 4.74 Å². The van der Waals surface area contributed by atoms with Crippen LogP contribution in [0.15, 0.2) is 30.5 Å². The minimum Gasteiger partial charge on any atom is -0.422 e. The zero-order chi connectivity index (χ0) is 17.4. The number of rotatable bonds is 3. The molecule has 0 saturated carbocycles. The molecule has 2 heterocycles. The van der Waals surface area contributed by atoms with Crippen LogP contribution in [0.2, 0.25) is 0 Å². The molecule has 2 aromatic heterocycles. The van der Waals surface area contributed by atoms with E-state index >= 15 is 0 Å². The average molecular weight is 323 g/mol. The molecule has 1 aromatic carbocycles. The number of carbonyl (C=O) groups excluding carboxylic acids is 1. The summed E-state index contributed by atoms with van der Waals surface area (Å²) < 4.78 is 7.49. The first-order chi connectivity index (χ1) is 11.4. The maximum absolute atomic E-state index is 12.6. The SMILES string of the molecule is Cc1cccc(C)c1OC(=O)c1cc2cnn(C(C)C)c2nc1C. The largest absolute Gasteiger partial charge is 0.422 e. The molecule has 0 fully saturated rings. The number of hydrogen-bond donors (Lipinski definition) is 0. The van der Waals surface area contributed by atoms with Crippen molar-refractivity contribution in [2.45, 2.75) is 40.7 Å². The van der Waals surface area contributed by atoms with E-state index in [9.17, 15) is 4.79 Å². The lowest BCUT2D eigenvalue weighted by atomic mass is 10.1. The zero-order valence-corrected chi connectivity index (χ0v) is 14.6. The van der Waals surface area contributed by atoms with Crippen LogP contribution < -0.4 is 4.74 Å². The van der Waals surface area contributed by atoms with Crippen LogP contribution in [0.1, 0.15) is 47.1 Å². The third-order valence-corrected chi connectivity index (χ3v) is 4.07. The third kappa shape index (κ3) is 2.77. The monoisotopic (exact) mass is 323 g/mol. The van der Waals surface area contributed by atoms with Crippen molar-refractivity contribution in [3.8, 4) is 5.75 Å². The second-order valence-corrected chi connectivity index (χ2v) is 6.33. The molecule has 0 saturated heterocycles. The van der Waals surface area contributed by atoms with E-state index in [-0.39, 0.29) is 6.04 Å². The van der Waals surface area contributed by atoms with Gasteiger partial charge in [-0.1, -0.05) is 18.2 Å². The van der Waals surface area contributed by atoms with Gasteiger partial charge in [-0.25, -0.2) is 14.5 Å². The molecule has 0 N–H and O–H groups in total. The summed E-state index contributed by atoms with van der Waals surface area (Å²) in [6.45, 7) is 9.77. The smallest absolute Gasteiger partial charge is 0.345 e. The number of carbonyl (C=O) groups is 1. The number of ether oxygens (including phenoxy) is 1. The van der Waals surface area contributed by atoms with E-state index in [1.807, 2.05) is 57.5 Å². The number of aryl methyl sites for hydroxylation is 3. The van der Waals surface area contributed by atoms with Crippen molar-refractivity contribution in [3.63, 3.8) is 0 Å². The Morgan fingerprint density at radius 3 is 2.46 bits per heavy atom. The summed E-state index contributed by atoms with van der Waals surface area (Å²) in [5, 5.41) is 5.19. The molecule has 3 rings (SSSR count). The van der Waals surface area contributed by atoms with Crippen molar-refractivity contribution < 1.29 is 9.53 Å². The van der Waals surface area contributed by atoms with Gasteiger partial charge < -0.3 is 4.74 Å². The van der Waals surface area contributed by atoms with E-state index in [1.165, 1.54) is 0 Å². The molecule has 0 atom stereocenters. The number of esters is 1. The maximum atomic E-state index is 12.6. The summed E-state index contributed by atoms with van der Waals surface area (Å²) in [5.74, 6) is 0.219. The molecule has 0 amide bonds. The molecule has 0 aliphatic rings. The molecule has 3 aromatic rings. The number of fused-ring (bicyclic) bond motifs is 1. The summed E-state index contributed by atoms with van der Waals surface area (Å²) >= 11 is 0. The van der Waals surface area contributed by atoms with Crippen LogP contribution in [0.3, 0.4) is 0 Å². The number of para-hydroxylation sites is 1. The first kappa shape index (κ1) is 16.2. The highest BCUT2D eigenvalue weighted by Crippen LogP contribution is 2.25. The van der Waals surface area contributed by atoms with Crippen LogP contribution in [-0.4, -0.2) is 20.7 Å². The van der Waals surface area contributed by atoms with Gasteiger partial charge in [0.05, 0.1) is 17.5 Å². The highest BCUT2D eigenvalue weighted by atomic mass is 16.5. The Morgan fingerprint density at radius 2 is 1.83 bits per heavy atom. The lowest BCUT2D eigenvalue weighted by molar-refractivity contribution is 0.0731. The van der Waals surface area contributed by atoms with Crippen LogP contribution in [0.25, 0.3) is 11.0 Å². The first-order valence-electron chi connectivity index (χ1n) is 8.01. The quantitative estimate of drug-likeness (QED) is 0.536. The van der Waals surface area contributed by atoms with Crippen LogP contribution >= 0.6 is 0 Å². The molecule has 0 bridgehead atoms. The van der Waals surface area contributed by atoms with Crippen molar-refractivity contribution in [2.24, 2.45) is 0 Å². The summed E-state index contributed by atoms with van der Waals surface area (Å²) in [6.07, 6.45) is 1.73. The molecule has 124 valence electrons. The van der Waals surface area contributed by atoms with Gasteiger partial charge in [0, 0.05) is 11.4 Å². The van der Waals surface area contributed by atoms with Gasteiger partial charge in [0.1, 0.15) is 5.75 Å². The van der Waals surface area contributed by atoms with E-state index in [1.54, 1.807) is 12.3 Å². The fourth-order valence-electron chi connectivity index (χ4n) is 2.76. The highest BCUT2D eigenvalue weighted by Gasteiger charge is 2.18. The molecule has 5 nitrogen and oxygen atoms in total. The number of pyridine rings is 1. The number of aromatic nitrogens is 3. The third-order valence-electron chi connectivity index (χ3n) is 4.07. The standard InChI is InChI=1S/C19H21N3O2/c1-11(2)22-18-15(10-20-22)9-16(14(5)21-18)19(23)24-17-12(3)7-6-8-13(17)4/h6-11H,1-5H3. The van der Waals surface area contributed by atoms with Gasteiger partial charge in [-0.3, -0.25) is 0 Å². The number of nitrogens with zero attached hydrogens (tertiary/aromatic N) is 3. The molecule has 0 unspecified atom stereocenters. The Labute approximate surface area is 141 Å². The predicted molar refractivity (Wildman–Crippen MR) is 93.5 cm³/mol. The Bertz CT molecular complexity index is 906. The molecule has 24 heavy (non-hydrogen) atoms. The van der Waals surface area contributed by atoms with Crippen molar-refractivity contribution in [3.05, 3.63) is 52.8 Å². The van der Waals surface area contributed by atoms with Crippen LogP contribution in [-0.2, 0) is 0 Å². The van der Waals surface area contributed by atoms with Crippen molar-refractivity contribution in [1.82, 2.24) is 14.8 Å². The second kappa shape index (κ2) is 6.07. The molecule has 0 radical (unpaired) electrons. The Morgan fingerprint density at radius 1 is 1.17 bits per heavy atom. The normalized spacial score (nSPS) is 11.2. The van der Waals surface area contributed by atoms with Gasteiger partial charge in [0.2, 0.25) is 0 Å². The fraction of sp³-hybridized carbons (Fsp3) is 0.316. The van der Waals surface area contributed by atoms with Gasteiger partial charge in [-0.05, 0) is 51.8 Å². The van der Waals surface area contributed by atoms with E-state index in [0.717, 1.165) is 22.2 Å². The minimum atomic E-state index is -0.392. The van der Waals surface area contributed by atoms with Gasteiger partial charge >= 0.3 is 5.97 Å². The number of benzene rings is 1. The van der Waals surface area contributed by atoms with Gasteiger partial charge in [-0.2, -0.15) is 5.10 Å². The second-order valence-electron chi connectivity index (χ2n) is 6.33. The first-order valence-corrected chi connectivity index (χ1v) is 8.01. The summed E-state index contributed by atoms with van der Waals surface area (Å²) in [6, 6.07) is 7.82. The average Bonchev–Trinajstić information content (AvgIpc) is 2.93. The fourth-order valence-corrected chi connectivity index (χ4v) is 2.76. The Kier molecular flexibility index (Phi) is 4.09. The summed E-state index contributed by atoms with van der Waals surface area (Å²) in [5.41, 5.74) is 3.76. The van der Waals surface area contributed by atoms with Gasteiger partial charge in [0.25, 0.3) is 0 Å². The van der Waals surface area contributed by atoms with Crippen molar-refractivity contribution in [1.29, 1.82) is 0 Å². The molecule has 0 aliphatic heterocycles. The lowest BCUT2D eigenvalue weighted by Crippen LogP contribution is -2.13. The Balaban J connectivity index is 2.00. The van der Waals surface area contributed by atoms with Crippen LogP contribution in [0, 0.1) is 20.8 Å². The Hall–Kier alpha value is -2.69. The maximum Gasteiger partial charge on any atom is 0.345 e. The summed E-state index contributed by atoms with van der Waals surface area (Å²) in [4.78, 5) is 17.2. The summed E-state index contributed by atoms with van der Waals surface area (Å²) in [7, 11) is 0. The van der Waals surface area contributed by atoms with E-state index in [2.05, 4.69) is 10.1 Å². The molecular formula is C19H21N3O2. The molecule has 0 spiro atoms.